The molecule has 4 heteroatoms. The second kappa shape index (κ2) is 5.13. The predicted octanol–water partition coefficient (Wildman–Crippen LogP) is 2.55. The molecule has 1 saturated heterocycles. The van der Waals surface area contributed by atoms with E-state index in [1.807, 2.05) is 32.0 Å². The van der Waals surface area contributed by atoms with Crippen molar-refractivity contribution in [2.24, 2.45) is 0 Å². The minimum Gasteiger partial charge on any atom is -0.377 e. The van der Waals surface area contributed by atoms with Gasteiger partial charge in [-0.2, -0.15) is 0 Å². The van der Waals surface area contributed by atoms with E-state index in [9.17, 15) is 0 Å². The highest BCUT2D eigenvalue weighted by atomic mass is 16.5. The summed E-state index contributed by atoms with van der Waals surface area (Å²) in [5, 5.41) is 1.13. The highest BCUT2D eigenvalue weighted by Crippen LogP contribution is 2.27. The molecule has 1 aliphatic heterocycles. The Morgan fingerprint density at radius 3 is 3.00 bits per heavy atom. The van der Waals surface area contributed by atoms with Gasteiger partial charge in [0.05, 0.1) is 11.6 Å². The number of ether oxygens (including phenoxy) is 1. The fraction of sp³-hybridized carbons (Fsp3) is 0.467. The molecular weight excluding hydrogens is 238 g/mol. The van der Waals surface area contributed by atoms with Gasteiger partial charge in [0.1, 0.15) is 11.6 Å². The molecule has 2 aromatic rings. The molecule has 3 rings (SSSR count). The fourth-order valence-electron chi connectivity index (χ4n) is 2.71. The van der Waals surface area contributed by atoms with Crippen LogP contribution in [0.15, 0.2) is 24.3 Å². The Bertz CT molecular complexity index is 585. The van der Waals surface area contributed by atoms with Crippen molar-refractivity contribution in [3.63, 3.8) is 0 Å². The third-order valence-corrected chi connectivity index (χ3v) is 3.54. The summed E-state index contributed by atoms with van der Waals surface area (Å²) in [5.74, 6) is 1.87. The number of benzene rings is 1. The maximum Gasteiger partial charge on any atom is 0.140 e. The normalized spacial score (nSPS) is 19.3. The monoisotopic (exact) mass is 257 g/mol. The maximum atomic E-state index is 5.71. The average Bonchev–Trinajstić information content (AvgIpc) is 2.86. The largest absolute Gasteiger partial charge is 0.377 e. The highest BCUT2D eigenvalue weighted by Gasteiger charge is 2.25. The molecule has 0 aliphatic carbocycles. The Morgan fingerprint density at radius 1 is 1.32 bits per heavy atom. The molecule has 0 spiro atoms. The Hall–Kier alpha value is -1.68. The number of hydrogen-bond acceptors (Lipinski definition) is 4. The Balaban J connectivity index is 1.96. The molecule has 0 saturated carbocycles. The molecule has 4 nitrogen and oxygen atoms in total. The predicted molar refractivity (Wildman–Crippen MR) is 76.5 cm³/mol. The van der Waals surface area contributed by atoms with Gasteiger partial charge in [-0.05, 0) is 32.4 Å². The fourth-order valence-corrected chi connectivity index (χ4v) is 2.71. The summed E-state index contributed by atoms with van der Waals surface area (Å²) in [4.78, 5) is 11.4. The van der Waals surface area contributed by atoms with Crippen LogP contribution in [-0.4, -0.2) is 35.8 Å². The molecule has 1 aliphatic rings. The molecule has 19 heavy (non-hydrogen) atoms. The van der Waals surface area contributed by atoms with Gasteiger partial charge in [-0.25, -0.2) is 9.97 Å². The highest BCUT2D eigenvalue weighted by molar-refractivity contribution is 5.89. The summed E-state index contributed by atoms with van der Waals surface area (Å²) in [6.45, 7) is 6.71. The third-order valence-electron chi connectivity index (χ3n) is 3.54. The van der Waals surface area contributed by atoms with Crippen LogP contribution in [0.2, 0.25) is 0 Å². The average molecular weight is 257 g/mol. The summed E-state index contributed by atoms with van der Waals surface area (Å²) in [6, 6.07) is 8.20. The van der Waals surface area contributed by atoms with E-state index in [-0.39, 0.29) is 0 Å². The minimum absolute atomic E-state index is 0.332. The van der Waals surface area contributed by atoms with E-state index in [0.29, 0.717) is 6.10 Å². The van der Waals surface area contributed by atoms with Crippen LogP contribution in [0.4, 0.5) is 5.82 Å². The number of aryl methyl sites for hydroxylation is 1. The topological polar surface area (TPSA) is 38.2 Å². The van der Waals surface area contributed by atoms with Crippen LogP contribution in [0.25, 0.3) is 10.9 Å². The molecule has 1 aromatic carbocycles. The van der Waals surface area contributed by atoms with Crippen molar-refractivity contribution in [2.75, 3.05) is 24.6 Å². The summed E-state index contributed by atoms with van der Waals surface area (Å²) in [7, 11) is 0. The summed E-state index contributed by atoms with van der Waals surface area (Å²) in [6.07, 6.45) is 1.41. The number of hydrogen-bond donors (Lipinski definition) is 0. The van der Waals surface area contributed by atoms with Crippen LogP contribution in [0.3, 0.4) is 0 Å². The Kier molecular flexibility index (Phi) is 3.34. The first-order chi connectivity index (χ1) is 9.28. The van der Waals surface area contributed by atoms with Gasteiger partial charge in [-0.15, -0.1) is 0 Å². The van der Waals surface area contributed by atoms with E-state index in [4.69, 9.17) is 4.74 Å². The summed E-state index contributed by atoms with van der Waals surface area (Å²) in [5.41, 5.74) is 1.02. The molecular formula is C15H19N3O. The lowest BCUT2D eigenvalue weighted by atomic mass is 10.2. The van der Waals surface area contributed by atoms with Gasteiger partial charge in [-0.3, -0.25) is 0 Å². The van der Waals surface area contributed by atoms with Crippen LogP contribution in [-0.2, 0) is 4.74 Å². The van der Waals surface area contributed by atoms with E-state index in [1.165, 1.54) is 0 Å². The second-order valence-electron chi connectivity index (χ2n) is 4.92. The number of fused-ring (bicyclic) bond motifs is 1. The van der Waals surface area contributed by atoms with Crippen molar-refractivity contribution < 1.29 is 4.74 Å². The van der Waals surface area contributed by atoms with E-state index >= 15 is 0 Å². The molecule has 1 fully saturated rings. The van der Waals surface area contributed by atoms with Crippen molar-refractivity contribution in [3.05, 3.63) is 30.1 Å². The van der Waals surface area contributed by atoms with E-state index in [1.54, 1.807) is 0 Å². The molecule has 0 unspecified atom stereocenters. The van der Waals surface area contributed by atoms with E-state index < -0.39 is 0 Å². The first-order valence-corrected chi connectivity index (χ1v) is 6.88. The van der Waals surface area contributed by atoms with Crippen LogP contribution in [0.1, 0.15) is 19.2 Å². The van der Waals surface area contributed by atoms with Gasteiger partial charge in [-0.1, -0.05) is 12.1 Å². The van der Waals surface area contributed by atoms with Crippen molar-refractivity contribution >= 4 is 16.7 Å². The first kappa shape index (κ1) is 12.4. The third kappa shape index (κ3) is 2.40. The van der Waals surface area contributed by atoms with Crippen molar-refractivity contribution in [1.29, 1.82) is 0 Å². The Labute approximate surface area is 113 Å². The zero-order chi connectivity index (χ0) is 13.2. The SMILES string of the molecule is CCO[C@H]1CCN(c2nc(C)nc3ccccc23)C1. The standard InChI is InChI=1S/C15H19N3O/c1-3-19-12-8-9-18(10-12)15-13-6-4-5-7-14(13)16-11(2)17-15/h4-7,12H,3,8-10H2,1-2H3/t12-/m0/s1. The van der Waals surface area contributed by atoms with Crippen LogP contribution in [0, 0.1) is 6.92 Å². The zero-order valence-electron chi connectivity index (χ0n) is 11.5. The molecule has 100 valence electrons. The number of para-hydroxylation sites is 1. The van der Waals surface area contributed by atoms with Gasteiger partial charge in [0.15, 0.2) is 0 Å². The number of anilines is 1. The van der Waals surface area contributed by atoms with E-state index in [2.05, 4.69) is 20.9 Å². The molecule has 0 amide bonds. The first-order valence-electron chi connectivity index (χ1n) is 6.88. The lowest BCUT2D eigenvalue weighted by Gasteiger charge is -2.19. The summed E-state index contributed by atoms with van der Waals surface area (Å²) < 4.78 is 5.71. The lowest BCUT2D eigenvalue weighted by molar-refractivity contribution is 0.0787. The van der Waals surface area contributed by atoms with Crippen molar-refractivity contribution in [2.45, 2.75) is 26.4 Å². The van der Waals surface area contributed by atoms with E-state index in [0.717, 1.165) is 48.7 Å². The van der Waals surface area contributed by atoms with Crippen molar-refractivity contribution in [1.82, 2.24) is 9.97 Å². The number of rotatable bonds is 3. The lowest BCUT2D eigenvalue weighted by Crippen LogP contribution is -2.24. The Morgan fingerprint density at radius 2 is 2.16 bits per heavy atom. The summed E-state index contributed by atoms with van der Waals surface area (Å²) >= 11 is 0. The quantitative estimate of drug-likeness (QED) is 0.847. The minimum atomic E-state index is 0.332. The van der Waals surface area contributed by atoms with Crippen molar-refractivity contribution in [3.8, 4) is 0 Å². The molecule has 0 bridgehead atoms. The van der Waals surface area contributed by atoms with Crippen LogP contribution >= 0.6 is 0 Å². The maximum absolute atomic E-state index is 5.71. The van der Waals surface area contributed by atoms with Crippen LogP contribution in [0.5, 0.6) is 0 Å². The zero-order valence-corrected chi connectivity index (χ0v) is 11.5. The van der Waals surface area contributed by atoms with Gasteiger partial charge in [0, 0.05) is 25.1 Å². The number of nitrogens with zero attached hydrogens (tertiary/aromatic N) is 3. The smallest absolute Gasteiger partial charge is 0.140 e. The number of aromatic nitrogens is 2. The van der Waals surface area contributed by atoms with Crippen LogP contribution < -0.4 is 4.90 Å². The van der Waals surface area contributed by atoms with Gasteiger partial charge >= 0.3 is 0 Å². The second-order valence-corrected chi connectivity index (χ2v) is 4.92. The molecule has 0 N–H and O–H groups in total. The van der Waals surface area contributed by atoms with Gasteiger partial charge in [0.2, 0.25) is 0 Å². The molecule has 2 heterocycles. The molecule has 0 radical (unpaired) electrons. The molecule has 1 aromatic heterocycles. The van der Waals surface area contributed by atoms with Gasteiger partial charge in [0.25, 0.3) is 0 Å². The molecule has 1 atom stereocenters. The van der Waals surface area contributed by atoms with Gasteiger partial charge < -0.3 is 9.64 Å².